The zero-order valence-corrected chi connectivity index (χ0v) is 12.2. The molecule has 3 nitrogen and oxygen atoms in total. The normalized spacial score (nSPS) is 19.6. The molecule has 3 rings (SSSR count). The minimum absolute atomic E-state index is 0.0255. The molecule has 0 unspecified atom stereocenters. The van der Waals surface area contributed by atoms with Crippen molar-refractivity contribution in [2.75, 3.05) is 6.54 Å². The first kappa shape index (κ1) is 13.3. The molecule has 0 bridgehead atoms. The van der Waals surface area contributed by atoms with Crippen LogP contribution in [-0.4, -0.2) is 19.3 Å². The molecule has 20 heavy (non-hydrogen) atoms. The molecule has 2 aromatic carbocycles. The largest absolute Gasteiger partial charge is 0.243 e. The van der Waals surface area contributed by atoms with Crippen LogP contribution in [0.5, 0.6) is 0 Å². The predicted molar refractivity (Wildman–Crippen MR) is 78.9 cm³/mol. The van der Waals surface area contributed by atoms with E-state index in [1.165, 1.54) is 0 Å². The lowest BCUT2D eigenvalue weighted by Crippen LogP contribution is -2.44. The summed E-state index contributed by atoms with van der Waals surface area (Å²) in [4.78, 5) is 0.378. The van der Waals surface area contributed by atoms with Crippen LogP contribution in [0.25, 0.3) is 0 Å². The predicted octanol–water partition coefficient (Wildman–Crippen LogP) is 3.13. The third kappa shape index (κ3) is 2.25. The number of hydrogen-bond acceptors (Lipinski definition) is 2. The molecule has 1 saturated heterocycles. The standard InChI is InChI=1S/C16H17NO2S/c1-13-7-9-15(10-8-13)20(18,19)17-12-11-16(17)14-5-3-2-4-6-14/h2-10,16H,11-12H2,1H3/t16-/m0/s1. The Labute approximate surface area is 119 Å². The number of benzene rings is 2. The van der Waals surface area contributed by atoms with Crippen molar-refractivity contribution in [3.05, 3.63) is 65.7 Å². The summed E-state index contributed by atoms with van der Waals surface area (Å²) in [6.07, 6.45) is 0.884. The fourth-order valence-corrected chi connectivity index (χ4v) is 4.16. The summed E-state index contributed by atoms with van der Waals surface area (Å²) in [6, 6.07) is 16.8. The molecule has 1 aliphatic heterocycles. The number of nitrogens with zero attached hydrogens (tertiary/aromatic N) is 1. The van der Waals surface area contributed by atoms with E-state index < -0.39 is 10.0 Å². The second-order valence-electron chi connectivity index (χ2n) is 5.14. The van der Waals surface area contributed by atoms with Crippen molar-refractivity contribution < 1.29 is 8.42 Å². The lowest BCUT2D eigenvalue weighted by Gasteiger charge is -2.40. The van der Waals surface area contributed by atoms with Gasteiger partial charge in [-0.3, -0.25) is 0 Å². The van der Waals surface area contributed by atoms with Gasteiger partial charge in [0.15, 0.2) is 0 Å². The minimum atomic E-state index is -3.38. The van der Waals surface area contributed by atoms with Crippen molar-refractivity contribution in [2.45, 2.75) is 24.3 Å². The van der Waals surface area contributed by atoms with Gasteiger partial charge in [0.05, 0.1) is 10.9 Å². The molecule has 0 amide bonds. The van der Waals surface area contributed by atoms with E-state index in [1.54, 1.807) is 16.4 Å². The molecule has 1 aliphatic rings. The maximum atomic E-state index is 12.6. The van der Waals surface area contributed by atoms with Gasteiger partial charge in [-0.2, -0.15) is 4.31 Å². The zero-order valence-electron chi connectivity index (χ0n) is 11.4. The average molecular weight is 287 g/mol. The van der Waals surface area contributed by atoms with Crippen molar-refractivity contribution in [2.24, 2.45) is 0 Å². The molecule has 4 heteroatoms. The maximum absolute atomic E-state index is 12.6. The highest BCUT2D eigenvalue weighted by atomic mass is 32.2. The average Bonchev–Trinajstić information content (AvgIpc) is 2.38. The number of sulfonamides is 1. The number of aryl methyl sites for hydroxylation is 1. The topological polar surface area (TPSA) is 37.4 Å². The van der Waals surface area contributed by atoms with Gasteiger partial charge in [0, 0.05) is 6.54 Å². The van der Waals surface area contributed by atoms with Crippen LogP contribution in [0.2, 0.25) is 0 Å². The van der Waals surface area contributed by atoms with Crippen LogP contribution in [0.3, 0.4) is 0 Å². The van der Waals surface area contributed by atoms with Crippen LogP contribution in [0.1, 0.15) is 23.6 Å². The summed E-state index contributed by atoms with van der Waals surface area (Å²) in [6.45, 7) is 2.54. The fourth-order valence-electron chi connectivity index (χ4n) is 2.51. The third-order valence-corrected chi connectivity index (χ3v) is 5.70. The van der Waals surface area contributed by atoms with Gasteiger partial charge in [0.25, 0.3) is 0 Å². The second-order valence-corrected chi connectivity index (χ2v) is 7.03. The van der Waals surface area contributed by atoms with E-state index in [4.69, 9.17) is 0 Å². The Kier molecular flexibility index (Phi) is 3.36. The van der Waals surface area contributed by atoms with Gasteiger partial charge in [-0.05, 0) is 31.0 Å². The SMILES string of the molecule is Cc1ccc(S(=O)(=O)N2CC[C@H]2c2ccccc2)cc1. The summed E-state index contributed by atoms with van der Waals surface area (Å²) in [7, 11) is -3.38. The summed E-state index contributed by atoms with van der Waals surface area (Å²) >= 11 is 0. The Morgan fingerprint density at radius 2 is 1.65 bits per heavy atom. The molecule has 0 N–H and O–H groups in total. The quantitative estimate of drug-likeness (QED) is 0.869. The lowest BCUT2D eigenvalue weighted by atomic mass is 9.98. The monoisotopic (exact) mass is 287 g/mol. The van der Waals surface area contributed by atoms with Crippen molar-refractivity contribution in [1.82, 2.24) is 4.31 Å². The maximum Gasteiger partial charge on any atom is 0.243 e. The van der Waals surface area contributed by atoms with Crippen LogP contribution in [0.4, 0.5) is 0 Å². The van der Waals surface area contributed by atoms with Crippen LogP contribution < -0.4 is 0 Å². The molecular formula is C16H17NO2S. The molecule has 1 heterocycles. The fraction of sp³-hybridized carbons (Fsp3) is 0.250. The first-order valence-electron chi connectivity index (χ1n) is 6.72. The number of hydrogen-bond donors (Lipinski definition) is 0. The first-order chi connectivity index (χ1) is 9.59. The molecule has 0 spiro atoms. The Morgan fingerprint density at radius 1 is 1.00 bits per heavy atom. The van der Waals surface area contributed by atoms with E-state index in [0.29, 0.717) is 11.4 Å². The summed E-state index contributed by atoms with van der Waals surface area (Å²) in [5.41, 5.74) is 2.13. The highest BCUT2D eigenvalue weighted by Crippen LogP contribution is 2.37. The first-order valence-corrected chi connectivity index (χ1v) is 8.16. The van der Waals surface area contributed by atoms with Crippen LogP contribution in [-0.2, 0) is 10.0 Å². The summed E-state index contributed by atoms with van der Waals surface area (Å²) in [5, 5.41) is 0. The summed E-state index contributed by atoms with van der Waals surface area (Å²) < 4.78 is 26.9. The molecule has 1 fully saturated rings. The number of rotatable bonds is 3. The molecule has 0 radical (unpaired) electrons. The lowest BCUT2D eigenvalue weighted by molar-refractivity contribution is 0.202. The minimum Gasteiger partial charge on any atom is -0.207 e. The molecular weight excluding hydrogens is 270 g/mol. The molecule has 104 valence electrons. The van der Waals surface area contributed by atoms with Gasteiger partial charge in [0.1, 0.15) is 0 Å². The Morgan fingerprint density at radius 3 is 2.20 bits per heavy atom. The van der Waals surface area contributed by atoms with Gasteiger partial charge >= 0.3 is 0 Å². The molecule has 0 aromatic heterocycles. The Bertz CT molecular complexity index is 693. The highest BCUT2D eigenvalue weighted by Gasteiger charge is 2.39. The van der Waals surface area contributed by atoms with Gasteiger partial charge in [-0.25, -0.2) is 8.42 Å². The molecule has 2 aromatic rings. The van der Waals surface area contributed by atoms with Crippen molar-refractivity contribution in [3.8, 4) is 0 Å². The van der Waals surface area contributed by atoms with E-state index in [0.717, 1.165) is 17.5 Å². The third-order valence-electron chi connectivity index (χ3n) is 3.78. The highest BCUT2D eigenvalue weighted by molar-refractivity contribution is 7.89. The summed E-state index contributed by atoms with van der Waals surface area (Å²) in [5.74, 6) is 0. The van der Waals surface area contributed by atoms with Gasteiger partial charge < -0.3 is 0 Å². The van der Waals surface area contributed by atoms with Crippen LogP contribution in [0.15, 0.2) is 59.5 Å². The van der Waals surface area contributed by atoms with Gasteiger partial charge in [0.2, 0.25) is 10.0 Å². The van der Waals surface area contributed by atoms with E-state index >= 15 is 0 Å². The van der Waals surface area contributed by atoms with E-state index in [1.807, 2.05) is 49.4 Å². The van der Waals surface area contributed by atoms with Crippen molar-refractivity contribution in [3.63, 3.8) is 0 Å². The van der Waals surface area contributed by atoms with Gasteiger partial charge in [-0.1, -0.05) is 48.0 Å². The van der Waals surface area contributed by atoms with Crippen molar-refractivity contribution in [1.29, 1.82) is 0 Å². The Balaban J connectivity index is 1.91. The van der Waals surface area contributed by atoms with E-state index in [-0.39, 0.29) is 6.04 Å². The van der Waals surface area contributed by atoms with Crippen LogP contribution >= 0.6 is 0 Å². The molecule has 0 saturated carbocycles. The van der Waals surface area contributed by atoms with Crippen LogP contribution in [0, 0.1) is 6.92 Å². The van der Waals surface area contributed by atoms with E-state index in [2.05, 4.69) is 0 Å². The van der Waals surface area contributed by atoms with Gasteiger partial charge in [-0.15, -0.1) is 0 Å². The smallest absolute Gasteiger partial charge is 0.207 e. The Hall–Kier alpha value is -1.65. The zero-order chi connectivity index (χ0) is 14.2. The van der Waals surface area contributed by atoms with Crippen molar-refractivity contribution >= 4 is 10.0 Å². The second kappa shape index (κ2) is 5.04. The molecule has 1 atom stereocenters. The van der Waals surface area contributed by atoms with E-state index in [9.17, 15) is 8.42 Å². The molecule has 0 aliphatic carbocycles.